The van der Waals surface area contributed by atoms with Crippen LogP contribution >= 0.6 is 27.5 Å². The lowest BCUT2D eigenvalue weighted by atomic mass is 10.2. The molecule has 0 saturated heterocycles. The Bertz CT molecular complexity index is 676. The van der Waals surface area contributed by atoms with Gasteiger partial charge >= 0.3 is 0 Å². The molecule has 0 spiro atoms. The van der Waals surface area contributed by atoms with Gasteiger partial charge in [0.05, 0.1) is 11.8 Å². The summed E-state index contributed by atoms with van der Waals surface area (Å²) in [5.74, 6) is -0.417. The lowest BCUT2D eigenvalue weighted by Crippen LogP contribution is -2.18. The van der Waals surface area contributed by atoms with E-state index in [1.165, 1.54) is 24.5 Å². The second-order valence-electron chi connectivity index (χ2n) is 3.74. The van der Waals surface area contributed by atoms with Crippen molar-refractivity contribution < 1.29 is 9.90 Å². The molecule has 1 aromatic carbocycles. The highest BCUT2D eigenvalue weighted by Gasteiger charge is 2.09. The minimum atomic E-state index is -0.478. The van der Waals surface area contributed by atoms with Crippen LogP contribution in [0.3, 0.4) is 0 Å². The highest BCUT2D eigenvalue weighted by atomic mass is 79.9. The molecule has 102 valence electrons. The standard InChI is InChI=1S/C13H9BrClN3O2/c14-9-3-4-11(19)8(6-9)7-17-18-13(20)10-2-1-5-16-12(10)15/h1-7,19H,(H,18,20)/b17-7+. The van der Waals surface area contributed by atoms with Crippen molar-refractivity contribution in [2.75, 3.05) is 0 Å². The Balaban J connectivity index is 2.09. The number of halogens is 2. The highest BCUT2D eigenvalue weighted by molar-refractivity contribution is 9.10. The Morgan fingerprint density at radius 1 is 1.45 bits per heavy atom. The molecule has 5 nitrogen and oxygen atoms in total. The maximum atomic E-state index is 11.8. The zero-order valence-corrected chi connectivity index (χ0v) is 12.4. The third-order valence-electron chi connectivity index (χ3n) is 2.36. The Kier molecular flexibility index (Phi) is 4.70. The van der Waals surface area contributed by atoms with Gasteiger partial charge in [0.25, 0.3) is 5.91 Å². The summed E-state index contributed by atoms with van der Waals surface area (Å²) >= 11 is 9.07. The summed E-state index contributed by atoms with van der Waals surface area (Å²) in [7, 11) is 0. The second kappa shape index (κ2) is 6.49. The lowest BCUT2D eigenvalue weighted by Gasteiger charge is -2.02. The molecule has 0 aliphatic heterocycles. The van der Waals surface area contributed by atoms with E-state index in [4.69, 9.17) is 11.6 Å². The Morgan fingerprint density at radius 2 is 2.25 bits per heavy atom. The van der Waals surface area contributed by atoms with Crippen LogP contribution in [-0.4, -0.2) is 22.2 Å². The molecule has 2 rings (SSSR count). The average Bonchev–Trinajstić information content (AvgIpc) is 2.43. The van der Waals surface area contributed by atoms with Crippen molar-refractivity contribution in [1.82, 2.24) is 10.4 Å². The van der Waals surface area contributed by atoms with E-state index in [1.54, 1.807) is 18.2 Å². The third-order valence-corrected chi connectivity index (χ3v) is 3.16. The predicted molar refractivity (Wildman–Crippen MR) is 80.1 cm³/mol. The molecule has 1 amide bonds. The number of hydrogen-bond acceptors (Lipinski definition) is 4. The van der Waals surface area contributed by atoms with E-state index in [0.717, 1.165) is 4.47 Å². The molecular formula is C13H9BrClN3O2. The molecule has 0 bridgehead atoms. The van der Waals surface area contributed by atoms with Crippen LogP contribution in [0.25, 0.3) is 0 Å². The number of nitrogens with zero attached hydrogens (tertiary/aromatic N) is 2. The quantitative estimate of drug-likeness (QED) is 0.505. The van der Waals surface area contributed by atoms with Crippen LogP contribution in [0.2, 0.25) is 5.15 Å². The van der Waals surface area contributed by atoms with E-state index >= 15 is 0 Å². The summed E-state index contributed by atoms with van der Waals surface area (Å²) in [4.78, 5) is 15.6. The molecule has 0 aliphatic rings. The fraction of sp³-hybridized carbons (Fsp3) is 0. The van der Waals surface area contributed by atoms with E-state index in [0.29, 0.717) is 5.56 Å². The Labute approximate surface area is 128 Å². The summed E-state index contributed by atoms with van der Waals surface area (Å²) in [6.45, 7) is 0. The maximum absolute atomic E-state index is 11.8. The number of rotatable bonds is 3. The van der Waals surface area contributed by atoms with Crippen molar-refractivity contribution in [3.05, 3.63) is 57.3 Å². The first-order valence-electron chi connectivity index (χ1n) is 5.50. The number of aromatic hydroxyl groups is 1. The van der Waals surface area contributed by atoms with Crippen molar-refractivity contribution in [2.45, 2.75) is 0 Å². The van der Waals surface area contributed by atoms with Gasteiger partial charge in [0.15, 0.2) is 0 Å². The van der Waals surface area contributed by atoms with Gasteiger partial charge in [-0.3, -0.25) is 4.79 Å². The summed E-state index contributed by atoms with van der Waals surface area (Å²) in [6, 6.07) is 8.02. The fourth-order valence-electron chi connectivity index (χ4n) is 1.40. The molecule has 2 aromatic rings. The van der Waals surface area contributed by atoms with Crippen molar-refractivity contribution >= 4 is 39.7 Å². The highest BCUT2D eigenvalue weighted by Crippen LogP contribution is 2.20. The van der Waals surface area contributed by atoms with Crippen molar-refractivity contribution in [3.8, 4) is 5.75 Å². The number of phenols is 1. The van der Waals surface area contributed by atoms with Crippen molar-refractivity contribution in [2.24, 2.45) is 5.10 Å². The van der Waals surface area contributed by atoms with Gasteiger partial charge in [0.2, 0.25) is 0 Å². The van der Waals surface area contributed by atoms with E-state index in [9.17, 15) is 9.90 Å². The van der Waals surface area contributed by atoms with Crippen LogP contribution in [0.1, 0.15) is 15.9 Å². The van der Waals surface area contributed by atoms with Gasteiger partial charge in [-0.2, -0.15) is 5.10 Å². The summed E-state index contributed by atoms with van der Waals surface area (Å²) in [5.41, 5.74) is 3.01. The predicted octanol–water partition coefficient (Wildman–Crippen LogP) is 2.97. The largest absolute Gasteiger partial charge is 0.507 e. The number of carbonyl (C=O) groups excluding carboxylic acids is 1. The zero-order chi connectivity index (χ0) is 14.5. The molecule has 0 radical (unpaired) electrons. The smallest absolute Gasteiger partial charge is 0.274 e. The van der Waals surface area contributed by atoms with Gasteiger partial charge in [-0.1, -0.05) is 27.5 Å². The molecule has 7 heteroatoms. The number of amides is 1. The number of hydrazone groups is 1. The van der Waals surface area contributed by atoms with Crippen LogP contribution in [0, 0.1) is 0 Å². The van der Waals surface area contributed by atoms with Gasteiger partial charge in [-0.25, -0.2) is 10.4 Å². The van der Waals surface area contributed by atoms with Gasteiger partial charge < -0.3 is 5.11 Å². The van der Waals surface area contributed by atoms with E-state index in [2.05, 4.69) is 31.4 Å². The maximum Gasteiger partial charge on any atom is 0.274 e. The van der Waals surface area contributed by atoms with Gasteiger partial charge in [-0.15, -0.1) is 0 Å². The third kappa shape index (κ3) is 3.55. The average molecular weight is 355 g/mol. The number of aromatic nitrogens is 1. The normalized spacial score (nSPS) is 10.7. The second-order valence-corrected chi connectivity index (χ2v) is 5.02. The van der Waals surface area contributed by atoms with E-state index in [1.807, 2.05) is 0 Å². The molecule has 1 aromatic heterocycles. The summed E-state index contributed by atoms with van der Waals surface area (Å²) in [5, 5.41) is 13.5. The SMILES string of the molecule is O=C(N/N=C/c1cc(Br)ccc1O)c1cccnc1Cl. The van der Waals surface area contributed by atoms with Crippen LogP contribution in [0.15, 0.2) is 46.1 Å². The molecule has 0 unspecified atom stereocenters. The van der Waals surface area contributed by atoms with Crippen LogP contribution < -0.4 is 5.43 Å². The monoisotopic (exact) mass is 353 g/mol. The Morgan fingerprint density at radius 3 is 3.00 bits per heavy atom. The molecule has 0 atom stereocenters. The topological polar surface area (TPSA) is 74.6 Å². The first-order chi connectivity index (χ1) is 9.58. The van der Waals surface area contributed by atoms with Crippen LogP contribution in [-0.2, 0) is 0 Å². The number of carbonyl (C=O) groups is 1. The molecule has 0 aliphatic carbocycles. The van der Waals surface area contributed by atoms with Crippen molar-refractivity contribution in [3.63, 3.8) is 0 Å². The minimum Gasteiger partial charge on any atom is -0.507 e. The summed E-state index contributed by atoms with van der Waals surface area (Å²) in [6.07, 6.45) is 2.82. The molecule has 0 fully saturated rings. The fourth-order valence-corrected chi connectivity index (χ4v) is 1.99. The zero-order valence-electron chi connectivity index (χ0n) is 10.0. The number of pyridine rings is 1. The summed E-state index contributed by atoms with van der Waals surface area (Å²) < 4.78 is 0.790. The minimum absolute atomic E-state index is 0.0607. The van der Waals surface area contributed by atoms with Crippen LogP contribution in [0.4, 0.5) is 0 Å². The van der Waals surface area contributed by atoms with Gasteiger partial charge in [0, 0.05) is 16.2 Å². The van der Waals surface area contributed by atoms with Gasteiger partial charge in [0.1, 0.15) is 10.9 Å². The van der Waals surface area contributed by atoms with E-state index < -0.39 is 5.91 Å². The van der Waals surface area contributed by atoms with Crippen molar-refractivity contribution in [1.29, 1.82) is 0 Å². The molecule has 1 heterocycles. The molecular weight excluding hydrogens is 346 g/mol. The van der Waals surface area contributed by atoms with Gasteiger partial charge in [-0.05, 0) is 30.3 Å². The van der Waals surface area contributed by atoms with E-state index in [-0.39, 0.29) is 16.5 Å². The number of nitrogens with one attached hydrogen (secondary N) is 1. The number of benzene rings is 1. The molecule has 2 N–H and O–H groups in total. The van der Waals surface area contributed by atoms with Crippen LogP contribution in [0.5, 0.6) is 5.75 Å². The number of hydrogen-bond donors (Lipinski definition) is 2. The lowest BCUT2D eigenvalue weighted by molar-refractivity contribution is 0.0955. The molecule has 0 saturated carbocycles. The Hall–Kier alpha value is -1.92. The molecule has 20 heavy (non-hydrogen) atoms. The first kappa shape index (κ1) is 14.5. The first-order valence-corrected chi connectivity index (χ1v) is 6.67. The number of phenolic OH excluding ortho intramolecular Hbond substituents is 1.